The Balaban J connectivity index is 2.60. The first-order valence-corrected chi connectivity index (χ1v) is 10.6. The van der Waals surface area contributed by atoms with E-state index in [4.69, 9.17) is 9.84 Å². The van der Waals surface area contributed by atoms with Crippen molar-refractivity contribution < 1.29 is 29.3 Å². The van der Waals surface area contributed by atoms with E-state index in [1.807, 2.05) is 6.08 Å². The van der Waals surface area contributed by atoms with Gasteiger partial charge in [-0.05, 0) is 19.3 Å². The van der Waals surface area contributed by atoms with Crippen molar-refractivity contribution in [2.75, 3.05) is 0 Å². The number of ether oxygens (including phenoxy) is 1. The predicted octanol–water partition coefficient (Wildman–Crippen LogP) is 4.05. The van der Waals surface area contributed by atoms with E-state index in [-0.39, 0.29) is 30.5 Å². The number of hydrogen-bond acceptors (Lipinski definition) is 5. The van der Waals surface area contributed by atoms with Gasteiger partial charge in [-0.1, -0.05) is 57.6 Å². The van der Waals surface area contributed by atoms with Crippen LogP contribution in [0.4, 0.5) is 0 Å². The van der Waals surface area contributed by atoms with Crippen LogP contribution in [0.1, 0.15) is 84.5 Å². The van der Waals surface area contributed by atoms with Crippen LogP contribution in [0, 0.1) is 11.8 Å². The number of carbonyl (C=O) groups is 3. The van der Waals surface area contributed by atoms with Gasteiger partial charge in [0.1, 0.15) is 11.9 Å². The van der Waals surface area contributed by atoms with Gasteiger partial charge in [-0.3, -0.25) is 14.4 Å². The zero-order valence-electron chi connectivity index (χ0n) is 17.3. The Morgan fingerprint density at radius 3 is 2.54 bits per heavy atom. The summed E-state index contributed by atoms with van der Waals surface area (Å²) in [6, 6.07) is 0. The predicted molar refractivity (Wildman–Crippen MR) is 107 cm³/mol. The van der Waals surface area contributed by atoms with Gasteiger partial charge < -0.3 is 14.9 Å². The highest BCUT2D eigenvalue weighted by molar-refractivity contribution is 5.85. The average molecular weight is 397 g/mol. The number of aliphatic hydroxyl groups excluding tert-OH is 1. The quantitative estimate of drug-likeness (QED) is 0.261. The van der Waals surface area contributed by atoms with Gasteiger partial charge >= 0.3 is 11.9 Å². The standard InChI is InChI=1S/C22H36O6/c1-3-4-7-10-17(24)13-14-19-18(11-8-5-6-9-12-22(26)27)20(25)15-21(19)28-16(2)23/h13-14,17-19,21,24H,3-12,15H2,1-2H3,(H,26,27)/b14-13+. The lowest BCUT2D eigenvalue weighted by Crippen LogP contribution is -2.23. The van der Waals surface area contributed by atoms with Crippen LogP contribution in [0.5, 0.6) is 0 Å². The molecule has 160 valence electrons. The Labute approximate surface area is 168 Å². The molecule has 0 bridgehead atoms. The molecule has 6 heteroatoms. The van der Waals surface area contributed by atoms with Crippen LogP contribution in [0.15, 0.2) is 12.2 Å². The van der Waals surface area contributed by atoms with E-state index in [1.54, 1.807) is 6.08 Å². The first kappa shape index (κ1) is 24.3. The van der Waals surface area contributed by atoms with Gasteiger partial charge in [0.2, 0.25) is 0 Å². The molecule has 0 amide bonds. The van der Waals surface area contributed by atoms with Gasteiger partial charge in [0.25, 0.3) is 0 Å². The van der Waals surface area contributed by atoms with E-state index >= 15 is 0 Å². The molecule has 0 aromatic rings. The van der Waals surface area contributed by atoms with Crippen LogP contribution >= 0.6 is 0 Å². The number of unbranched alkanes of at least 4 members (excludes halogenated alkanes) is 5. The Hall–Kier alpha value is -1.69. The minimum Gasteiger partial charge on any atom is -0.481 e. The van der Waals surface area contributed by atoms with Gasteiger partial charge in [0.15, 0.2) is 0 Å². The molecule has 2 N–H and O–H groups in total. The van der Waals surface area contributed by atoms with Crippen LogP contribution in [0.3, 0.4) is 0 Å². The molecule has 1 aliphatic rings. The Morgan fingerprint density at radius 1 is 1.18 bits per heavy atom. The van der Waals surface area contributed by atoms with Gasteiger partial charge in [-0.25, -0.2) is 0 Å². The molecule has 0 spiro atoms. The topological polar surface area (TPSA) is 101 Å². The van der Waals surface area contributed by atoms with E-state index in [1.165, 1.54) is 6.92 Å². The minimum atomic E-state index is -0.780. The third kappa shape index (κ3) is 9.49. The van der Waals surface area contributed by atoms with E-state index < -0.39 is 24.1 Å². The van der Waals surface area contributed by atoms with Crippen molar-refractivity contribution in [1.82, 2.24) is 0 Å². The smallest absolute Gasteiger partial charge is 0.303 e. The summed E-state index contributed by atoms with van der Waals surface area (Å²) < 4.78 is 5.37. The van der Waals surface area contributed by atoms with Crippen molar-refractivity contribution in [2.45, 2.75) is 96.7 Å². The molecule has 6 nitrogen and oxygen atoms in total. The van der Waals surface area contributed by atoms with Gasteiger partial charge in [-0.15, -0.1) is 0 Å². The molecule has 4 atom stereocenters. The van der Waals surface area contributed by atoms with Crippen LogP contribution in [0.25, 0.3) is 0 Å². The number of esters is 1. The summed E-state index contributed by atoms with van der Waals surface area (Å²) in [6.07, 6.45) is 10.7. The number of ketones is 1. The fourth-order valence-electron chi connectivity index (χ4n) is 3.85. The first-order valence-electron chi connectivity index (χ1n) is 10.6. The number of aliphatic hydroxyl groups is 1. The maximum Gasteiger partial charge on any atom is 0.303 e. The molecule has 1 aliphatic carbocycles. The molecule has 28 heavy (non-hydrogen) atoms. The molecule has 1 saturated carbocycles. The van der Waals surface area contributed by atoms with Crippen molar-refractivity contribution in [3.8, 4) is 0 Å². The van der Waals surface area contributed by atoms with E-state index in [0.29, 0.717) is 19.3 Å². The number of rotatable bonds is 14. The van der Waals surface area contributed by atoms with Gasteiger partial charge in [0, 0.05) is 31.6 Å². The average Bonchev–Trinajstić information content (AvgIpc) is 2.90. The minimum absolute atomic E-state index is 0.104. The number of aliphatic carboxylic acids is 1. The molecule has 0 heterocycles. The summed E-state index contributed by atoms with van der Waals surface area (Å²) >= 11 is 0. The number of carboxylic acid groups (broad SMARTS) is 1. The van der Waals surface area contributed by atoms with Gasteiger partial charge in [0.05, 0.1) is 6.10 Å². The number of carboxylic acids is 1. The summed E-state index contributed by atoms with van der Waals surface area (Å²) in [5.41, 5.74) is 0. The maximum atomic E-state index is 12.5. The normalized spacial score (nSPS) is 23.2. The first-order chi connectivity index (χ1) is 13.3. The summed E-state index contributed by atoms with van der Waals surface area (Å²) in [4.78, 5) is 34.4. The number of Topliss-reactive ketones (excluding diaryl/α,β-unsaturated/α-hetero) is 1. The SMILES string of the molecule is CCCCCC(O)/C=C/C1C(OC(C)=O)CC(=O)C1CCCCCCC(=O)O. The molecular formula is C22H36O6. The molecule has 0 aromatic heterocycles. The molecule has 0 saturated heterocycles. The van der Waals surface area contributed by atoms with Crippen LogP contribution in [0.2, 0.25) is 0 Å². The Bertz CT molecular complexity index is 527. The van der Waals surface area contributed by atoms with Crippen molar-refractivity contribution in [1.29, 1.82) is 0 Å². The number of hydrogen-bond donors (Lipinski definition) is 2. The zero-order valence-corrected chi connectivity index (χ0v) is 17.3. The largest absolute Gasteiger partial charge is 0.481 e. The molecule has 0 aliphatic heterocycles. The molecule has 0 radical (unpaired) electrons. The van der Waals surface area contributed by atoms with Crippen LogP contribution in [-0.4, -0.2) is 40.1 Å². The van der Waals surface area contributed by atoms with E-state index in [2.05, 4.69) is 6.92 Å². The zero-order chi connectivity index (χ0) is 20.9. The van der Waals surface area contributed by atoms with Crippen LogP contribution in [-0.2, 0) is 19.1 Å². The molecule has 0 aromatic carbocycles. The maximum absolute atomic E-state index is 12.5. The molecular weight excluding hydrogens is 360 g/mol. The summed E-state index contributed by atoms with van der Waals surface area (Å²) in [6.45, 7) is 3.46. The summed E-state index contributed by atoms with van der Waals surface area (Å²) in [5.74, 6) is -1.47. The second-order valence-corrected chi connectivity index (χ2v) is 7.80. The third-order valence-corrected chi connectivity index (χ3v) is 5.34. The van der Waals surface area contributed by atoms with Crippen molar-refractivity contribution in [3.63, 3.8) is 0 Å². The summed E-state index contributed by atoms with van der Waals surface area (Å²) in [5, 5.41) is 18.8. The third-order valence-electron chi connectivity index (χ3n) is 5.34. The fourth-order valence-corrected chi connectivity index (χ4v) is 3.85. The second kappa shape index (κ2) is 13.5. The molecule has 1 fully saturated rings. The van der Waals surface area contributed by atoms with E-state index in [9.17, 15) is 19.5 Å². The Kier molecular flexibility index (Phi) is 11.7. The summed E-state index contributed by atoms with van der Waals surface area (Å²) in [7, 11) is 0. The lowest BCUT2D eigenvalue weighted by atomic mass is 9.88. The van der Waals surface area contributed by atoms with Crippen molar-refractivity contribution in [3.05, 3.63) is 12.2 Å². The number of carbonyl (C=O) groups excluding carboxylic acids is 2. The molecule has 4 unspecified atom stereocenters. The highest BCUT2D eigenvalue weighted by atomic mass is 16.5. The lowest BCUT2D eigenvalue weighted by molar-refractivity contribution is -0.147. The Morgan fingerprint density at radius 2 is 1.89 bits per heavy atom. The molecule has 1 rings (SSSR count). The van der Waals surface area contributed by atoms with Crippen molar-refractivity contribution >= 4 is 17.7 Å². The van der Waals surface area contributed by atoms with Crippen LogP contribution < -0.4 is 0 Å². The van der Waals surface area contributed by atoms with E-state index in [0.717, 1.165) is 38.5 Å². The second-order valence-electron chi connectivity index (χ2n) is 7.80. The monoisotopic (exact) mass is 396 g/mol. The fraction of sp³-hybridized carbons (Fsp3) is 0.773. The lowest BCUT2D eigenvalue weighted by Gasteiger charge is -2.21. The van der Waals surface area contributed by atoms with Gasteiger partial charge in [-0.2, -0.15) is 0 Å². The highest BCUT2D eigenvalue weighted by Crippen LogP contribution is 2.36. The highest BCUT2D eigenvalue weighted by Gasteiger charge is 2.42. The van der Waals surface area contributed by atoms with Crippen molar-refractivity contribution in [2.24, 2.45) is 11.8 Å².